The lowest BCUT2D eigenvalue weighted by Gasteiger charge is -2.24. The average Bonchev–Trinajstić information content (AvgIpc) is 2.85. The maximum Gasteiger partial charge on any atom is 0.0366 e. The summed E-state index contributed by atoms with van der Waals surface area (Å²) in [5, 5.41) is 0. The minimum Gasteiger partial charge on any atom is -0.371 e. The molecule has 0 aliphatic heterocycles. The fourth-order valence-corrected chi connectivity index (χ4v) is 4.85. The largest absolute Gasteiger partial charge is 0.371 e. The molecule has 33 heavy (non-hydrogen) atoms. The molecule has 0 saturated heterocycles. The lowest BCUT2D eigenvalue weighted by atomic mass is 10.0. The van der Waals surface area contributed by atoms with E-state index in [1.165, 1.54) is 141 Å². The predicted octanol–water partition coefficient (Wildman–Crippen LogP) is 9.66. The van der Waals surface area contributed by atoms with E-state index >= 15 is 0 Å². The summed E-state index contributed by atoms with van der Waals surface area (Å²) in [5.74, 6) is 0. The second-order valence-corrected chi connectivity index (χ2v) is 10.2. The van der Waals surface area contributed by atoms with Crippen molar-refractivity contribution in [3.63, 3.8) is 0 Å². The smallest absolute Gasteiger partial charge is 0.0366 e. The van der Waals surface area contributed by atoms with Crippen molar-refractivity contribution in [3.05, 3.63) is 30.3 Å². The molecular formula is C31H58N2. The van der Waals surface area contributed by atoms with Gasteiger partial charge in [-0.15, -0.1) is 0 Å². The number of nitrogens with two attached hydrogens (primary N) is 1. The van der Waals surface area contributed by atoms with Crippen molar-refractivity contribution in [1.82, 2.24) is 0 Å². The number of rotatable bonds is 25. The van der Waals surface area contributed by atoms with Gasteiger partial charge in [0, 0.05) is 18.8 Å². The zero-order chi connectivity index (χ0) is 23.7. The van der Waals surface area contributed by atoms with Gasteiger partial charge in [-0.3, -0.25) is 0 Å². The van der Waals surface area contributed by atoms with Crippen molar-refractivity contribution in [1.29, 1.82) is 0 Å². The molecule has 0 unspecified atom stereocenters. The molecule has 0 aliphatic carbocycles. The van der Waals surface area contributed by atoms with E-state index in [0.717, 1.165) is 19.5 Å². The van der Waals surface area contributed by atoms with E-state index in [-0.39, 0.29) is 0 Å². The van der Waals surface area contributed by atoms with E-state index in [1.807, 2.05) is 0 Å². The normalized spacial score (nSPS) is 11.2. The van der Waals surface area contributed by atoms with Crippen LogP contribution < -0.4 is 10.6 Å². The molecule has 1 aromatic carbocycles. The van der Waals surface area contributed by atoms with Crippen LogP contribution in [0, 0.1) is 0 Å². The Bertz CT molecular complexity index is 487. The molecule has 1 rings (SSSR count). The Labute approximate surface area is 208 Å². The predicted molar refractivity (Wildman–Crippen MR) is 150 cm³/mol. The third-order valence-electron chi connectivity index (χ3n) is 7.04. The van der Waals surface area contributed by atoms with Crippen molar-refractivity contribution in [2.45, 2.75) is 142 Å². The molecule has 0 saturated carbocycles. The molecule has 2 nitrogen and oxygen atoms in total. The summed E-state index contributed by atoms with van der Waals surface area (Å²) in [5.41, 5.74) is 7.09. The Morgan fingerprint density at radius 1 is 0.485 bits per heavy atom. The van der Waals surface area contributed by atoms with Crippen molar-refractivity contribution < 1.29 is 0 Å². The van der Waals surface area contributed by atoms with E-state index in [9.17, 15) is 0 Å². The van der Waals surface area contributed by atoms with Crippen molar-refractivity contribution in [2.24, 2.45) is 5.73 Å². The quantitative estimate of drug-likeness (QED) is 0.148. The van der Waals surface area contributed by atoms with Gasteiger partial charge in [0.1, 0.15) is 0 Å². The molecule has 0 aliphatic rings. The highest BCUT2D eigenvalue weighted by molar-refractivity contribution is 5.45. The molecule has 2 heteroatoms. The van der Waals surface area contributed by atoms with Gasteiger partial charge in [-0.1, -0.05) is 147 Å². The van der Waals surface area contributed by atoms with Gasteiger partial charge in [0.15, 0.2) is 0 Å². The van der Waals surface area contributed by atoms with Crippen LogP contribution in [0.4, 0.5) is 5.69 Å². The number of para-hydroxylation sites is 1. The van der Waals surface area contributed by atoms with Gasteiger partial charge in [-0.2, -0.15) is 0 Å². The highest BCUT2D eigenvalue weighted by atomic mass is 15.1. The fourth-order valence-electron chi connectivity index (χ4n) is 4.85. The van der Waals surface area contributed by atoms with Crippen LogP contribution in [0.15, 0.2) is 30.3 Å². The van der Waals surface area contributed by atoms with Crippen molar-refractivity contribution in [2.75, 3.05) is 24.5 Å². The topological polar surface area (TPSA) is 29.3 Å². The van der Waals surface area contributed by atoms with Gasteiger partial charge in [0.2, 0.25) is 0 Å². The van der Waals surface area contributed by atoms with Crippen LogP contribution in [0.5, 0.6) is 0 Å². The van der Waals surface area contributed by atoms with Crippen molar-refractivity contribution >= 4 is 5.69 Å². The molecular weight excluding hydrogens is 400 g/mol. The zero-order valence-electron chi connectivity index (χ0n) is 22.4. The first-order chi connectivity index (χ1) is 16.4. The van der Waals surface area contributed by atoms with Crippen LogP contribution in [0.3, 0.4) is 0 Å². The molecule has 0 amide bonds. The Morgan fingerprint density at radius 3 is 1.24 bits per heavy atom. The van der Waals surface area contributed by atoms with E-state index < -0.39 is 0 Å². The summed E-state index contributed by atoms with van der Waals surface area (Å²) in [4.78, 5) is 2.52. The first-order valence-electron chi connectivity index (χ1n) is 14.9. The Balaban J connectivity index is 1.82. The molecule has 0 radical (unpaired) electrons. The van der Waals surface area contributed by atoms with E-state index in [2.05, 4.69) is 42.2 Å². The van der Waals surface area contributed by atoms with E-state index in [4.69, 9.17) is 5.73 Å². The monoisotopic (exact) mass is 458 g/mol. The molecule has 192 valence electrons. The SMILES string of the molecule is CCCCCCCCCCCCCCCCCCCCCCN(CCCN)c1ccccc1. The van der Waals surface area contributed by atoms with Crippen LogP contribution in [0.25, 0.3) is 0 Å². The molecule has 1 aromatic rings. The summed E-state index contributed by atoms with van der Waals surface area (Å²) < 4.78 is 0. The number of hydrogen-bond acceptors (Lipinski definition) is 2. The summed E-state index contributed by atoms with van der Waals surface area (Å²) in [6.07, 6.45) is 29.9. The number of benzene rings is 1. The third-order valence-corrected chi connectivity index (χ3v) is 7.04. The second kappa shape index (κ2) is 24.1. The molecule has 0 atom stereocenters. The Hall–Kier alpha value is -1.02. The van der Waals surface area contributed by atoms with Crippen LogP contribution in [-0.4, -0.2) is 19.6 Å². The average molecular weight is 459 g/mol. The summed E-state index contributed by atoms with van der Waals surface area (Å²) in [6, 6.07) is 10.8. The Kier molecular flexibility index (Phi) is 21.9. The minimum absolute atomic E-state index is 0.780. The number of hydrogen-bond donors (Lipinski definition) is 1. The molecule has 2 N–H and O–H groups in total. The van der Waals surface area contributed by atoms with Gasteiger partial charge < -0.3 is 10.6 Å². The van der Waals surface area contributed by atoms with Gasteiger partial charge in [0.05, 0.1) is 0 Å². The van der Waals surface area contributed by atoms with Crippen LogP contribution in [0.1, 0.15) is 142 Å². The molecule has 0 bridgehead atoms. The molecule has 0 heterocycles. The van der Waals surface area contributed by atoms with E-state index in [0.29, 0.717) is 0 Å². The van der Waals surface area contributed by atoms with Crippen LogP contribution >= 0.6 is 0 Å². The first-order valence-corrected chi connectivity index (χ1v) is 14.9. The maximum absolute atomic E-state index is 5.73. The number of nitrogens with zero attached hydrogens (tertiary/aromatic N) is 1. The minimum atomic E-state index is 0.780. The third kappa shape index (κ3) is 19.0. The lowest BCUT2D eigenvalue weighted by Crippen LogP contribution is -2.27. The summed E-state index contributed by atoms with van der Waals surface area (Å²) >= 11 is 0. The summed E-state index contributed by atoms with van der Waals surface area (Å²) in [7, 11) is 0. The fraction of sp³-hybridized carbons (Fsp3) is 0.806. The lowest BCUT2D eigenvalue weighted by molar-refractivity contribution is 0.521. The zero-order valence-corrected chi connectivity index (χ0v) is 22.4. The number of unbranched alkanes of at least 4 members (excludes halogenated alkanes) is 19. The van der Waals surface area contributed by atoms with Gasteiger partial charge in [0.25, 0.3) is 0 Å². The first kappa shape index (κ1) is 30.0. The van der Waals surface area contributed by atoms with Crippen LogP contribution in [-0.2, 0) is 0 Å². The molecule has 0 aromatic heterocycles. The van der Waals surface area contributed by atoms with Gasteiger partial charge in [-0.25, -0.2) is 0 Å². The molecule has 0 fully saturated rings. The highest BCUT2D eigenvalue weighted by Crippen LogP contribution is 2.17. The molecule has 0 spiro atoms. The van der Waals surface area contributed by atoms with E-state index in [1.54, 1.807) is 0 Å². The summed E-state index contributed by atoms with van der Waals surface area (Å²) in [6.45, 7) is 5.33. The number of anilines is 1. The van der Waals surface area contributed by atoms with Gasteiger partial charge in [-0.05, 0) is 31.5 Å². The van der Waals surface area contributed by atoms with Gasteiger partial charge >= 0.3 is 0 Å². The van der Waals surface area contributed by atoms with Crippen LogP contribution in [0.2, 0.25) is 0 Å². The standard InChI is InChI=1S/C31H58N2/c1-2-3-4-5-6-7-8-9-10-11-12-13-14-15-16-17-18-19-20-24-29-33(30-25-28-32)31-26-22-21-23-27-31/h21-23,26-27H,2-20,24-25,28-30,32H2,1H3. The second-order valence-electron chi connectivity index (χ2n) is 10.2. The van der Waals surface area contributed by atoms with Crippen molar-refractivity contribution in [3.8, 4) is 0 Å². The maximum atomic E-state index is 5.73. The highest BCUT2D eigenvalue weighted by Gasteiger charge is 2.05. The Morgan fingerprint density at radius 2 is 0.848 bits per heavy atom.